The smallest absolute Gasteiger partial charge is 0.236 e. The van der Waals surface area contributed by atoms with Crippen LogP contribution in [0.5, 0.6) is 0 Å². The second-order valence-electron chi connectivity index (χ2n) is 5.82. The van der Waals surface area contributed by atoms with E-state index in [0.717, 1.165) is 26.2 Å². The summed E-state index contributed by atoms with van der Waals surface area (Å²) >= 11 is 0. The average molecular weight is 291 g/mol. The quantitative estimate of drug-likeness (QED) is 0.716. The molecule has 1 aliphatic heterocycles. The molecule has 1 heterocycles. The highest BCUT2D eigenvalue weighted by atomic mass is 32.2. The Kier molecular flexibility index (Phi) is 5.34. The van der Waals surface area contributed by atoms with Crippen LogP contribution in [0.3, 0.4) is 0 Å². The van der Waals surface area contributed by atoms with Crippen LogP contribution in [-0.2, 0) is 14.6 Å². The second kappa shape index (κ2) is 6.19. The standard InChI is InChI=1S/C12H25N3O3S/c1-12(2,19(4,17)18)10-13-9-11(16)15-7-5-14(3)6-8-15/h13H,5-10H2,1-4H3. The number of nitrogens with zero attached hydrogens (tertiary/aromatic N) is 2. The topological polar surface area (TPSA) is 69.7 Å². The van der Waals surface area contributed by atoms with Crippen molar-refractivity contribution in [2.24, 2.45) is 0 Å². The maximum Gasteiger partial charge on any atom is 0.236 e. The number of carbonyl (C=O) groups is 1. The van der Waals surface area contributed by atoms with Gasteiger partial charge in [0.15, 0.2) is 9.84 Å². The Hall–Kier alpha value is -0.660. The first-order valence-electron chi connectivity index (χ1n) is 6.50. The molecule has 0 saturated carbocycles. The third-order valence-corrected chi connectivity index (χ3v) is 5.84. The van der Waals surface area contributed by atoms with Crippen LogP contribution in [0.2, 0.25) is 0 Å². The van der Waals surface area contributed by atoms with Crippen LogP contribution in [0.25, 0.3) is 0 Å². The minimum absolute atomic E-state index is 0.0393. The van der Waals surface area contributed by atoms with E-state index in [1.807, 2.05) is 11.9 Å². The predicted octanol–water partition coefficient (Wildman–Crippen LogP) is -0.827. The molecule has 0 radical (unpaired) electrons. The van der Waals surface area contributed by atoms with E-state index >= 15 is 0 Å². The molecule has 7 heteroatoms. The van der Waals surface area contributed by atoms with Crippen LogP contribution in [0.1, 0.15) is 13.8 Å². The van der Waals surface area contributed by atoms with Crippen molar-refractivity contribution in [3.63, 3.8) is 0 Å². The molecule has 0 aliphatic carbocycles. The third-order valence-electron chi connectivity index (χ3n) is 3.69. The average Bonchev–Trinajstić information content (AvgIpc) is 2.28. The number of nitrogens with one attached hydrogen (secondary N) is 1. The molecule has 1 saturated heterocycles. The molecule has 0 spiro atoms. The zero-order valence-electron chi connectivity index (χ0n) is 12.3. The number of rotatable bonds is 5. The number of sulfone groups is 1. The Labute approximate surface area is 116 Å². The minimum Gasteiger partial charge on any atom is -0.339 e. The van der Waals surface area contributed by atoms with Gasteiger partial charge in [-0.15, -0.1) is 0 Å². The molecule has 1 fully saturated rings. The largest absolute Gasteiger partial charge is 0.339 e. The summed E-state index contributed by atoms with van der Waals surface area (Å²) in [5.74, 6) is 0.0393. The van der Waals surface area contributed by atoms with E-state index in [9.17, 15) is 13.2 Å². The van der Waals surface area contributed by atoms with Gasteiger partial charge >= 0.3 is 0 Å². The molecule has 19 heavy (non-hydrogen) atoms. The fourth-order valence-electron chi connectivity index (χ4n) is 1.77. The van der Waals surface area contributed by atoms with Gasteiger partial charge in [-0.25, -0.2) is 8.42 Å². The first kappa shape index (κ1) is 16.4. The van der Waals surface area contributed by atoms with Crippen LogP contribution >= 0.6 is 0 Å². The van der Waals surface area contributed by atoms with Crippen LogP contribution in [-0.4, -0.2) is 81.4 Å². The molecule has 0 aromatic rings. The third kappa shape index (κ3) is 4.74. The number of amides is 1. The van der Waals surface area contributed by atoms with Crippen molar-refractivity contribution in [2.45, 2.75) is 18.6 Å². The fourth-order valence-corrected chi connectivity index (χ4v) is 2.13. The van der Waals surface area contributed by atoms with Gasteiger partial charge in [0.05, 0.1) is 11.3 Å². The van der Waals surface area contributed by atoms with Gasteiger partial charge in [0.1, 0.15) is 0 Å². The molecule has 0 atom stereocenters. The summed E-state index contributed by atoms with van der Waals surface area (Å²) in [7, 11) is -1.09. The van der Waals surface area contributed by atoms with Crippen molar-refractivity contribution in [2.75, 3.05) is 52.6 Å². The van der Waals surface area contributed by atoms with Gasteiger partial charge in [-0.05, 0) is 20.9 Å². The van der Waals surface area contributed by atoms with Gasteiger partial charge in [0, 0.05) is 39.0 Å². The van der Waals surface area contributed by atoms with Crippen molar-refractivity contribution in [3.8, 4) is 0 Å². The van der Waals surface area contributed by atoms with Gasteiger partial charge in [-0.3, -0.25) is 4.79 Å². The first-order valence-corrected chi connectivity index (χ1v) is 8.39. The van der Waals surface area contributed by atoms with Crippen molar-refractivity contribution >= 4 is 15.7 Å². The summed E-state index contributed by atoms with van der Waals surface area (Å²) < 4.78 is 22.2. The van der Waals surface area contributed by atoms with Gasteiger partial charge in [-0.2, -0.15) is 0 Å². The lowest BCUT2D eigenvalue weighted by Crippen LogP contribution is -2.51. The van der Waals surface area contributed by atoms with Gasteiger partial charge in [0.2, 0.25) is 5.91 Å². The lowest BCUT2D eigenvalue weighted by molar-refractivity contribution is -0.131. The summed E-state index contributed by atoms with van der Waals surface area (Å²) in [4.78, 5) is 15.9. The van der Waals surface area contributed by atoms with Crippen molar-refractivity contribution in [3.05, 3.63) is 0 Å². The zero-order chi connectivity index (χ0) is 14.7. The van der Waals surface area contributed by atoms with Gasteiger partial charge in [-0.1, -0.05) is 0 Å². The molecule has 6 nitrogen and oxygen atoms in total. The zero-order valence-corrected chi connectivity index (χ0v) is 13.1. The molecule has 1 amide bonds. The number of hydrogen-bond donors (Lipinski definition) is 1. The Morgan fingerprint density at radius 3 is 2.21 bits per heavy atom. The molecule has 1 aliphatic rings. The van der Waals surface area contributed by atoms with Crippen LogP contribution in [0, 0.1) is 0 Å². The van der Waals surface area contributed by atoms with Crippen LogP contribution < -0.4 is 5.32 Å². The van der Waals surface area contributed by atoms with E-state index in [2.05, 4.69) is 10.2 Å². The molecule has 112 valence electrons. The number of likely N-dealkylation sites (N-methyl/N-ethyl adjacent to an activating group) is 1. The number of piperazine rings is 1. The highest BCUT2D eigenvalue weighted by Crippen LogP contribution is 2.13. The fraction of sp³-hybridized carbons (Fsp3) is 0.917. The monoisotopic (exact) mass is 291 g/mol. The molecular weight excluding hydrogens is 266 g/mol. The van der Waals surface area contributed by atoms with Gasteiger partial charge < -0.3 is 15.1 Å². The van der Waals surface area contributed by atoms with E-state index in [-0.39, 0.29) is 19.0 Å². The van der Waals surface area contributed by atoms with Crippen LogP contribution in [0.4, 0.5) is 0 Å². The number of hydrogen-bond acceptors (Lipinski definition) is 5. The van der Waals surface area contributed by atoms with E-state index in [1.165, 1.54) is 6.26 Å². The van der Waals surface area contributed by atoms with Crippen molar-refractivity contribution < 1.29 is 13.2 Å². The van der Waals surface area contributed by atoms with E-state index < -0.39 is 14.6 Å². The molecule has 0 aromatic heterocycles. The summed E-state index contributed by atoms with van der Waals surface area (Å²) in [5.41, 5.74) is 0. The summed E-state index contributed by atoms with van der Waals surface area (Å²) in [6.45, 7) is 7.07. The van der Waals surface area contributed by atoms with Crippen molar-refractivity contribution in [1.29, 1.82) is 0 Å². The molecule has 1 rings (SSSR count). The van der Waals surface area contributed by atoms with Crippen LogP contribution in [0.15, 0.2) is 0 Å². The lowest BCUT2D eigenvalue weighted by Gasteiger charge is -2.32. The highest BCUT2D eigenvalue weighted by Gasteiger charge is 2.30. The molecule has 0 aromatic carbocycles. The van der Waals surface area contributed by atoms with E-state index in [0.29, 0.717) is 0 Å². The predicted molar refractivity (Wildman–Crippen MR) is 75.9 cm³/mol. The Bertz CT molecular complexity index is 412. The molecule has 0 unspecified atom stereocenters. The van der Waals surface area contributed by atoms with E-state index in [1.54, 1.807) is 13.8 Å². The summed E-state index contributed by atoms with van der Waals surface area (Å²) in [6.07, 6.45) is 1.22. The Morgan fingerprint density at radius 2 is 1.74 bits per heavy atom. The van der Waals surface area contributed by atoms with Crippen molar-refractivity contribution in [1.82, 2.24) is 15.1 Å². The Balaban J connectivity index is 2.35. The SMILES string of the molecule is CN1CCN(C(=O)CNCC(C)(C)S(C)(=O)=O)CC1. The van der Waals surface area contributed by atoms with Gasteiger partial charge in [0.25, 0.3) is 0 Å². The summed E-state index contributed by atoms with van der Waals surface area (Å²) in [5, 5.41) is 2.96. The lowest BCUT2D eigenvalue weighted by atomic mass is 10.2. The maximum absolute atomic E-state index is 11.9. The second-order valence-corrected chi connectivity index (χ2v) is 8.47. The Morgan fingerprint density at radius 1 is 1.21 bits per heavy atom. The van der Waals surface area contributed by atoms with E-state index in [4.69, 9.17) is 0 Å². The first-order chi connectivity index (χ1) is 8.63. The number of carbonyl (C=O) groups excluding carboxylic acids is 1. The summed E-state index contributed by atoms with van der Waals surface area (Å²) in [6, 6.07) is 0. The molecular formula is C12H25N3O3S. The molecule has 0 bridgehead atoms. The normalized spacial score (nSPS) is 18.6. The molecule has 1 N–H and O–H groups in total. The highest BCUT2D eigenvalue weighted by molar-refractivity contribution is 7.92. The maximum atomic E-state index is 11.9. The minimum atomic E-state index is -3.13.